The maximum atomic E-state index is 13.9. The van der Waals surface area contributed by atoms with Crippen molar-refractivity contribution in [2.75, 3.05) is 23.3 Å². The molecule has 46 heavy (non-hydrogen) atoms. The maximum Gasteiger partial charge on any atom is 0.573 e. The van der Waals surface area contributed by atoms with Gasteiger partial charge in [-0.3, -0.25) is 9.59 Å². The first-order chi connectivity index (χ1) is 21.5. The van der Waals surface area contributed by atoms with E-state index >= 15 is 0 Å². The number of nitrogens with one attached hydrogen (secondary N) is 2. The van der Waals surface area contributed by atoms with Gasteiger partial charge in [-0.25, -0.2) is 9.97 Å². The molecule has 3 aromatic carbocycles. The highest BCUT2D eigenvalue weighted by atomic mass is 19.4. The second-order valence-electron chi connectivity index (χ2n) is 11.8. The zero-order valence-corrected chi connectivity index (χ0v) is 24.9. The summed E-state index contributed by atoms with van der Waals surface area (Å²) >= 11 is 0. The van der Waals surface area contributed by atoms with Gasteiger partial charge in [-0.15, -0.1) is 13.2 Å². The minimum atomic E-state index is -4.85. The van der Waals surface area contributed by atoms with Gasteiger partial charge in [0.05, 0.1) is 16.6 Å². The van der Waals surface area contributed by atoms with E-state index in [0.29, 0.717) is 27.8 Å². The molecule has 0 unspecified atom stereocenters. The van der Waals surface area contributed by atoms with Crippen LogP contribution in [0.25, 0.3) is 22.3 Å². The van der Waals surface area contributed by atoms with Crippen molar-refractivity contribution in [3.05, 3.63) is 77.4 Å². The summed E-state index contributed by atoms with van der Waals surface area (Å²) in [5.74, 6) is -0.971. The summed E-state index contributed by atoms with van der Waals surface area (Å²) in [5.41, 5.74) is -1.26. The van der Waals surface area contributed by atoms with Crippen molar-refractivity contribution in [1.82, 2.24) is 15.3 Å². The lowest BCUT2D eigenvalue weighted by Crippen LogP contribution is -2.37. The first-order valence-electron chi connectivity index (χ1n) is 14.2. The lowest BCUT2D eigenvalue weighted by molar-refractivity contribution is -0.274. The number of fused-ring (bicyclic) bond motifs is 1. The van der Waals surface area contributed by atoms with Gasteiger partial charge in [-0.05, 0) is 66.6 Å². The largest absolute Gasteiger partial charge is 0.573 e. The Morgan fingerprint density at radius 3 is 2.17 bits per heavy atom. The van der Waals surface area contributed by atoms with Crippen LogP contribution in [0.1, 0.15) is 48.7 Å². The smallest absolute Gasteiger partial charge is 0.406 e. The molecule has 1 aromatic heterocycles. The molecule has 242 valence electrons. The van der Waals surface area contributed by atoms with Gasteiger partial charge in [0.25, 0.3) is 5.91 Å². The molecule has 1 aliphatic rings. The number of carbonyl (C=O) groups excluding carboxylic acids is 2. The average Bonchev–Trinajstić information content (AvgIpc) is 2.93. The summed E-state index contributed by atoms with van der Waals surface area (Å²) in [7, 11) is 0. The summed E-state index contributed by atoms with van der Waals surface area (Å²) in [6, 6.07) is 12.8. The molecule has 8 nitrogen and oxygen atoms in total. The molecule has 0 saturated carbocycles. The van der Waals surface area contributed by atoms with E-state index in [1.165, 1.54) is 30.3 Å². The van der Waals surface area contributed by atoms with Crippen molar-refractivity contribution < 1.29 is 40.7 Å². The number of amides is 2. The van der Waals surface area contributed by atoms with E-state index in [4.69, 9.17) is 0 Å². The number of hydrogen-bond donors (Lipinski definition) is 2. The highest BCUT2D eigenvalue weighted by Gasteiger charge is 2.36. The summed E-state index contributed by atoms with van der Waals surface area (Å²) < 4.78 is 83.5. The Morgan fingerprint density at radius 1 is 0.891 bits per heavy atom. The summed E-state index contributed by atoms with van der Waals surface area (Å²) in [6.45, 7) is 6.45. The van der Waals surface area contributed by atoms with Gasteiger partial charge in [0.2, 0.25) is 5.91 Å². The van der Waals surface area contributed by atoms with Crippen molar-refractivity contribution >= 4 is 34.2 Å². The van der Waals surface area contributed by atoms with Crippen molar-refractivity contribution in [3.8, 4) is 17.1 Å². The number of anilines is 2. The molecule has 0 spiro atoms. The Labute approximate surface area is 259 Å². The Balaban J connectivity index is 1.46. The first-order valence-corrected chi connectivity index (χ1v) is 14.2. The number of aromatic nitrogens is 2. The molecule has 1 aliphatic heterocycles. The molecule has 2 N–H and O–H groups in total. The number of alkyl halides is 6. The van der Waals surface area contributed by atoms with E-state index < -0.39 is 40.7 Å². The van der Waals surface area contributed by atoms with E-state index in [-0.39, 0.29) is 24.0 Å². The van der Waals surface area contributed by atoms with Gasteiger partial charge < -0.3 is 20.3 Å². The van der Waals surface area contributed by atoms with Gasteiger partial charge in [-0.1, -0.05) is 26.8 Å². The number of ether oxygens (including phenoxy) is 1. The van der Waals surface area contributed by atoms with Crippen LogP contribution in [0.2, 0.25) is 0 Å². The summed E-state index contributed by atoms with van der Waals surface area (Å²) in [5, 5.41) is 5.80. The zero-order valence-electron chi connectivity index (χ0n) is 24.9. The first kappa shape index (κ1) is 32.5. The van der Waals surface area contributed by atoms with Gasteiger partial charge >= 0.3 is 12.5 Å². The third-order valence-corrected chi connectivity index (χ3v) is 7.20. The number of benzene rings is 3. The van der Waals surface area contributed by atoms with E-state index in [0.717, 1.165) is 43.8 Å². The van der Waals surface area contributed by atoms with Gasteiger partial charge in [0.15, 0.2) is 5.82 Å². The van der Waals surface area contributed by atoms with Gasteiger partial charge in [0, 0.05) is 41.7 Å². The highest BCUT2D eigenvalue weighted by molar-refractivity contribution is 6.06. The molecule has 1 fully saturated rings. The molecular formula is C32H29F6N5O3. The number of rotatable bonds is 7. The van der Waals surface area contributed by atoms with Gasteiger partial charge in [0.1, 0.15) is 11.6 Å². The molecule has 5 rings (SSSR count). The molecule has 2 amide bonds. The fraction of sp³-hybridized carbons (Fsp3) is 0.312. The molecule has 4 aromatic rings. The van der Waals surface area contributed by atoms with Crippen molar-refractivity contribution in [1.29, 1.82) is 0 Å². The van der Waals surface area contributed by atoms with Gasteiger partial charge in [-0.2, -0.15) is 13.2 Å². The van der Waals surface area contributed by atoms with Crippen LogP contribution in [0.15, 0.2) is 60.7 Å². The SMILES string of the molecule is CC(C)(C)C(=O)NCc1ccc(C(F)(F)F)c(C(=O)Nc2ccc3c(N4CCC4)nc(-c4ccc(OC(F)(F)F)cc4)nc3c2)c1. The van der Waals surface area contributed by atoms with Crippen LogP contribution in [0.4, 0.5) is 37.8 Å². The third kappa shape index (κ3) is 7.49. The molecule has 0 aliphatic carbocycles. The van der Waals surface area contributed by atoms with E-state index in [1.807, 2.05) is 4.90 Å². The van der Waals surface area contributed by atoms with Crippen LogP contribution in [0.3, 0.4) is 0 Å². The predicted octanol–water partition coefficient (Wildman–Crippen LogP) is 7.34. The quantitative estimate of drug-likeness (QED) is 0.204. The third-order valence-electron chi connectivity index (χ3n) is 7.20. The summed E-state index contributed by atoms with van der Waals surface area (Å²) in [6.07, 6.45) is -8.74. The Bertz CT molecular complexity index is 1780. The highest BCUT2D eigenvalue weighted by Crippen LogP contribution is 2.35. The van der Waals surface area contributed by atoms with Crippen LogP contribution in [-0.4, -0.2) is 41.2 Å². The van der Waals surface area contributed by atoms with Crippen LogP contribution in [-0.2, 0) is 17.5 Å². The Morgan fingerprint density at radius 2 is 1.59 bits per heavy atom. The van der Waals surface area contributed by atoms with Crippen molar-refractivity contribution in [3.63, 3.8) is 0 Å². The fourth-order valence-electron chi connectivity index (χ4n) is 4.68. The summed E-state index contributed by atoms with van der Waals surface area (Å²) in [4.78, 5) is 36.7. The fourth-order valence-corrected chi connectivity index (χ4v) is 4.68. The topological polar surface area (TPSA) is 96.5 Å². The van der Waals surface area contributed by atoms with Crippen LogP contribution >= 0.6 is 0 Å². The monoisotopic (exact) mass is 645 g/mol. The number of carbonyl (C=O) groups is 2. The second-order valence-corrected chi connectivity index (χ2v) is 11.8. The molecule has 2 heterocycles. The lowest BCUT2D eigenvalue weighted by Gasteiger charge is -2.33. The van der Waals surface area contributed by atoms with Crippen LogP contribution in [0, 0.1) is 5.41 Å². The van der Waals surface area contributed by atoms with Crippen LogP contribution < -0.4 is 20.3 Å². The van der Waals surface area contributed by atoms with E-state index in [1.54, 1.807) is 26.8 Å². The number of halogens is 6. The number of nitrogens with zero attached hydrogens (tertiary/aromatic N) is 3. The number of hydrogen-bond acceptors (Lipinski definition) is 6. The maximum absolute atomic E-state index is 13.9. The van der Waals surface area contributed by atoms with Crippen molar-refractivity contribution in [2.45, 2.75) is 46.3 Å². The van der Waals surface area contributed by atoms with E-state index in [2.05, 4.69) is 25.3 Å². The lowest BCUT2D eigenvalue weighted by atomic mass is 9.95. The van der Waals surface area contributed by atoms with Crippen LogP contribution in [0.5, 0.6) is 5.75 Å². The zero-order chi connectivity index (χ0) is 33.4. The molecule has 0 atom stereocenters. The molecule has 14 heteroatoms. The molecule has 0 bridgehead atoms. The Kier molecular flexibility index (Phi) is 8.58. The standard InChI is InChI=1S/C32H29F6N5O3/c1-30(2,3)29(45)39-17-18-5-12-24(31(33,34)35)23(15-18)28(44)40-20-8-11-22-25(16-20)41-26(42-27(22)43-13-4-14-43)19-6-9-21(10-7-19)46-32(36,37)38/h5-12,15-16H,4,13-14,17H2,1-3H3,(H,39,45)(H,40,44). The molecule has 0 radical (unpaired) electrons. The molecular weight excluding hydrogens is 616 g/mol. The minimum absolute atomic E-state index is 0.0766. The predicted molar refractivity (Wildman–Crippen MR) is 159 cm³/mol. The minimum Gasteiger partial charge on any atom is -0.406 e. The Hall–Kier alpha value is -4.88. The van der Waals surface area contributed by atoms with E-state index in [9.17, 15) is 35.9 Å². The average molecular weight is 646 g/mol. The normalized spacial score (nSPS) is 13.7. The molecule has 1 saturated heterocycles. The second kappa shape index (κ2) is 12.1. The van der Waals surface area contributed by atoms with Crippen molar-refractivity contribution in [2.24, 2.45) is 5.41 Å².